The minimum atomic E-state index is -0.284. The van der Waals surface area contributed by atoms with Gasteiger partial charge in [0.05, 0.1) is 24.3 Å². The van der Waals surface area contributed by atoms with Crippen LogP contribution in [0.4, 0.5) is 5.69 Å². The third-order valence-corrected chi connectivity index (χ3v) is 8.87. The number of H-pyrrole nitrogens is 1. The summed E-state index contributed by atoms with van der Waals surface area (Å²) in [5.41, 5.74) is 6.75. The van der Waals surface area contributed by atoms with Crippen molar-refractivity contribution in [2.45, 2.75) is 58.8 Å². The molecule has 1 saturated heterocycles. The molecule has 2 aliphatic heterocycles. The summed E-state index contributed by atoms with van der Waals surface area (Å²) in [6.07, 6.45) is 7.73. The second-order valence-corrected chi connectivity index (χ2v) is 13.4. The van der Waals surface area contributed by atoms with Gasteiger partial charge in [0.2, 0.25) is 18.2 Å². The van der Waals surface area contributed by atoms with Crippen LogP contribution in [0.25, 0.3) is 39.1 Å². The van der Waals surface area contributed by atoms with Crippen molar-refractivity contribution in [3.8, 4) is 28.5 Å². The van der Waals surface area contributed by atoms with Crippen LogP contribution in [-0.2, 0) is 9.59 Å². The van der Waals surface area contributed by atoms with E-state index in [2.05, 4.69) is 74.8 Å². The van der Waals surface area contributed by atoms with Gasteiger partial charge in [0.15, 0.2) is 5.82 Å². The number of aliphatic hydroxyl groups excluding tert-OH is 1. The van der Waals surface area contributed by atoms with Crippen LogP contribution in [0.1, 0.15) is 52.1 Å². The standard InChI is InChI=1S/C22H29N5O2.C16H16N4O2/c1-16(2)27-15-23-22(24-27)19-5-3-17(4-6-19)18-7-11-26(12-8-18)21(29)14-25-10-9-20(28)13-25;1-10(2)22-15-6-3-11(8-17-15)16-13-7-12(18-9-21)4-5-14(13)19-20-16/h3-7,15-16,20,28H,8-14H2,1-2H3;3-10H,1-2H3,(H,18,21)(H,19,20)/t20-;/m0./s1. The van der Waals surface area contributed by atoms with Gasteiger partial charge in [0.1, 0.15) is 12.0 Å². The highest BCUT2D eigenvalue weighted by Crippen LogP contribution is 2.29. The fourth-order valence-corrected chi connectivity index (χ4v) is 6.12. The molecule has 266 valence electrons. The van der Waals surface area contributed by atoms with E-state index in [-0.39, 0.29) is 18.1 Å². The minimum absolute atomic E-state index is 0.0848. The summed E-state index contributed by atoms with van der Waals surface area (Å²) in [7, 11) is 0. The molecule has 3 N–H and O–H groups in total. The van der Waals surface area contributed by atoms with Gasteiger partial charge >= 0.3 is 0 Å². The van der Waals surface area contributed by atoms with Crippen molar-refractivity contribution >= 4 is 34.5 Å². The number of aromatic nitrogens is 6. The van der Waals surface area contributed by atoms with Crippen molar-refractivity contribution in [3.63, 3.8) is 0 Å². The first-order valence-corrected chi connectivity index (χ1v) is 17.4. The highest BCUT2D eigenvalue weighted by molar-refractivity contribution is 5.95. The van der Waals surface area contributed by atoms with Crippen molar-refractivity contribution < 1.29 is 19.4 Å². The maximum absolute atomic E-state index is 12.5. The first kappa shape index (κ1) is 35.4. The molecular formula is C38H45N9O4. The lowest BCUT2D eigenvalue weighted by Crippen LogP contribution is -2.41. The maximum atomic E-state index is 12.5. The third-order valence-electron chi connectivity index (χ3n) is 8.87. The van der Waals surface area contributed by atoms with Gasteiger partial charge in [0.25, 0.3) is 0 Å². The highest BCUT2D eigenvalue weighted by Gasteiger charge is 2.25. The number of carbonyl (C=O) groups is 2. The van der Waals surface area contributed by atoms with Crippen LogP contribution in [0.2, 0.25) is 0 Å². The Morgan fingerprint density at radius 2 is 1.82 bits per heavy atom. The summed E-state index contributed by atoms with van der Waals surface area (Å²) in [6, 6.07) is 18.0. The number of benzene rings is 2. The zero-order chi connectivity index (χ0) is 35.9. The lowest BCUT2D eigenvalue weighted by Gasteiger charge is -2.28. The zero-order valence-electron chi connectivity index (χ0n) is 29.5. The number of hydrogen-bond acceptors (Lipinski definition) is 9. The number of nitrogens with zero attached hydrogens (tertiary/aromatic N) is 7. The molecule has 13 nitrogen and oxygen atoms in total. The van der Waals surface area contributed by atoms with Crippen molar-refractivity contribution in [2.75, 3.05) is 38.0 Å². The molecule has 51 heavy (non-hydrogen) atoms. The fraction of sp³-hybridized carbons (Fsp3) is 0.368. The fourth-order valence-electron chi connectivity index (χ4n) is 6.12. The predicted octanol–water partition coefficient (Wildman–Crippen LogP) is 5.19. The normalized spacial score (nSPS) is 16.3. The number of rotatable bonds is 10. The summed E-state index contributed by atoms with van der Waals surface area (Å²) in [5, 5.41) is 25.0. The van der Waals surface area contributed by atoms with Crippen LogP contribution in [0, 0.1) is 0 Å². The largest absolute Gasteiger partial charge is 0.475 e. The number of carbonyl (C=O) groups excluding carboxylic acids is 2. The van der Waals surface area contributed by atoms with Gasteiger partial charge in [-0.15, -0.1) is 0 Å². The Morgan fingerprint density at radius 1 is 1.04 bits per heavy atom. The number of pyridine rings is 1. The molecule has 7 rings (SSSR count). The molecule has 0 unspecified atom stereocenters. The molecule has 2 amide bonds. The Hall–Kier alpha value is -5.40. The number of nitrogens with one attached hydrogen (secondary N) is 2. The second kappa shape index (κ2) is 16.1. The maximum Gasteiger partial charge on any atom is 0.237 e. The Labute approximate surface area is 297 Å². The van der Waals surface area contributed by atoms with E-state index in [4.69, 9.17) is 4.74 Å². The summed E-state index contributed by atoms with van der Waals surface area (Å²) in [4.78, 5) is 35.7. The van der Waals surface area contributed by atoms with E-state index < -0.39 is 0 Å². The number of ether oxygens (including phenoxy) is 1. The molecule has 0 saturated carbocycles. The van der Waals surface area contributed by atoms with E-state index >= 15 is 0 Å². The van der Waals surface area contributed by atoms with Crippen molar-refractivity contribution in [1.82, 2.24) is 39.7 Å². The van der Waals surface area contributed by atoms with E-state index in [0.717, 1.165) is 65.2 Å². The number of aliphatic hydroxyl groups is 1. The Morgan fingerprint density at radius 3 is 2.45 bits per heavy atom. The molecule has 5 aromatic rings. The van der Waals surface area contributed by atoms with Crippen molar-refractivity contribution in [1.29, 1.82) is 0 Å². The Bertz CT molecular complexity index is 1970. The molecule has 1 fully saturated rings. The molecule has 1 atom stereocenters. The van der Waals surface area contributed by atoms with Gasteiger partial charge < -0.3 is 20.1 Å². The summed E-state index contributed by atoms with van der Waals surface area (Å²) in [5.74, 6) is 1.48. The smallest absolute Gasteiger partial charge is 0.237 e. The van der Waals surface area contributed by atoms with Crippen molar-refractivity contribution in [3.05, 3.63) is 78.8 Å². The first-order valence-electron chi connectivity index (χ1n) is 17.4. The lowest BCUT2D eigenvalue weighted by molar-refractivity contribution is -0.131. The molecule has 13 heteroatoms. The van der Waals surface area contributed by atoms with E-state index in [1.54, 1.807) is 12.5 Å². The number of amides is 2. The molecule has 5 heterocycles. The SMILES string of the molecule is CC(C)Oc1ccc(-c2n[nH]c3ccc(NC=O)cc23)cn1.CC(C)n1cnc(-c2ccc(C3=CCN(C(=O)CN4CC[C@H](O)C4)CC3)cc2)n1. The topological polar surface area (TPSA) is 154 Å². The number of likely N-dealkylation sites (tertiary alicyclic amines) is 1. The quantitative estimate of drug-likeness (QED) is 0.168. The second-order valence-electron chi connectivity index (χ2n) is 13.4. The Balaban J connectivity index is 0.000000183. The predicted molar refractivity (Wildman–Crippen MR) is 197 cm³/mol. The molecule has 2 aromatic carbocycles. The molecular weight excluding hydrogens is 646 g/mol. The number of aromatic amines is 1. The monoisotopic (exact) mass is 691 g/mol. The van der Waals surface area contributed by atoms with E-state index in [0.29, 0.717) is 38.0 Å². The number of anilines is 1. The lowest BCUT2D eigenvalue weighted by atomic mass is 9.98. The summed E-state index contributed by atoms with van der Waals surface area (Å²) in [6.45, 7) is 11.3. The van der Waals surface area contributed by atoms with Crippen LogP contribution in [0.5, 0.6) is 5.88 Å². The molecule has 0 radical (unpaired) electrons. The van der Waals surface area contributed by atoms with E-state index in [1.165, 1.54) is 11.1 Å². The molecule has 3 aromatic heterocycles. The number of β-amino-alcohol motifs (C(OH)–C–C–N with tert-alkyl or cyclic N) is 1. The Kier molecular flexibility index (Phi) is 11.2. The van der Waals surface area contributed by atoms with Crippen LogP contribution >= 0.6 is 0 Å². The first-order chi connectivity index (χ1) is 24.7. The molecule has 0 spiro atoms. The number of fused-ring (bicyclic) bond motifs is 1. The summed E-state index contributed by atoms with van der Waals surface area (Å²) >= 11 is 0. The average molecular weight is 692 g/mol. The number of hydrogen-bond donors (Lipinski definition) is 3. The van der Waals surface area contributed by atoms with Crippen LogP contribution in [-0.4, -0.2) is 102 Å². The van der Waals surface area contributed by atoms with Crippen molar-refractivity contribution in [2.24, 2.45) is 0 Å². The van der Waals surface area contributed by atoms with Gasteiger partial charge in [-0.05, 0) is 75.9 Å². The molecule has 2 aliphatic rings. The van der Waals surface area contributed by atoms with Gasteiger partial charge in [-0.2, -0.15) is 10.2 Å². The highest BCUT2D eigenvalue weighted by atomic mass is 16.5. The van der Waals surface area contributed by atoms with E-state index in [9.17, 15) is 14.7 Å². The third kappa shape index (κ3) is 8.86. The van der Waals surface area contributed by atoms with Crippen LogP contribution < -0.4 is 10.1 Å². The summed E-state index contributed by atoms with van der Waals surface area (Å²) < 4.78 is 7.40. The van der Waals surface area contributed by atoms with Crippen LogP contribution in [0.3, 0.4) is 0 Å². The minimum Gasteiger partial charge on any atom is -0.475 e. The average Bonchev–Trinajstić information content (AvgIpc) is 3.89. The molecule has 0 bridgehead atoms. The van der Waals surface area contributed by atoms with Gasteiger partial charge in [-0.25, -0.2) is 14.6 Å². The van der Waals surface area contributed by atoms with Gasteiger partial charge in [-0.1, -0.05) is 30.3 Å². The van der Waals surface area contributed by atoms with Gasteiger partial charge in [0, 0.05) is 66.7 Å². The van der Waals surface area contributed by atoms with E-state index in [1.807, 2.05) is 58.7 Å². The molecule has 0 aliphatic carbocycles. The van der Waals surface area contributed by atoms with Gasteiger partial charge in [-0.3, -0.25) is 19.6 Å². The zero-order valence-corrected chi connectivity index (χ0v) is 29.5. The van der Waals surface area contributed by atoms with Crippen LogP contribution in [0.15, 0.2) is 73.2 Å².